The molecule has 1 aromatic heterocycles. The fraction of sp³-hybridized carbons (Fsp3) is 0. The van der Waals surface area contributed by atoms with E-state index in [0.717, 1.165) is 21.7 Å². The van der Waals surface area contributed by atoms with Gasteiger partial charge in [-0.1, -0.05) is 36.4 Å². The fourth-order valence-electron chi connectivity index (χ4n) is 2.95. The van der Waals surface area contributed by atoms with Gasteiger partial charge in [0.15, 0.2) is 5.78 Å². The van der Waals surface area contributed by atoms with Gasteiger partial charge in [0.05, 0.1) is 17.1 Å². The van der Waals surface area contributed by atoms with E-state index in [1.807, 2.05) is 48.7 Å². The molecule has 3 heteroatoms. The number of aromatic nitrogens is 1. The van der Waals surface area contributed by atoms with Crippen LogP contribution in [0, 0.1) is 11.3 Å². The maximum atomic E-state index is 13.0. The Kier molecular flexibility index (Phi) is 3.29. The lowest BCUT2D eigenvalue weighted by Crippen LogP contribution is -2.03. The number of carbonyl (C=O) groups is 1. The Morgan fingerprint density at radius 2 is 1.71 bits per heavy atom. The smallest absolute Gasteiger partial charge is 0.193 e. The number of rotatable bonds is 2. The lowest BCUT2D eigenvalue weighted by molar-refractivity contribution is 0.104. The van der Waals surface area contributed by atoms with E-state index >= 15 is 0 Å². The number of hydrogen-bond donors (Lipinski definition) is 0. The van der Waals surface area contributed by atoms with Crippen LogP contribution in [0.5, 0.6) is 0 Å². The van der Waals surface area contributed by atoms with Crippen LogP contribution in [0.3, 0.4) is 0 Å². The fourth-order valence-corrected chi connectivity index (χ4v) is 2.95. The Bertz CT molecular complexity index is 1120. The number of fused-ring (bicyclic) bond motifs is 3. The monoisotopic (exact) mass is 308 g/mol. The summed E-state index contributed by atoms with van der Waals surface area (Å²) in [6, 6.07) is 22.3. The maximum Gasteiger partial charge on any atom is 0.193 e. The third-order valence-corrected chi connectivity index (χ3v) is 4.14. The van der Waals surface area contributed by atoms with Crippen molar-refractivity contribution in [2.45, 2.75) is 0 Å². The number of nitrogens with zero attached hydrogens (tertiary/aromatic N) is 2. The molecule has 112 valence electrons. The molecule has 0 saturated heterocycles. The summed E-state index contributed by atoms with van der Waals surface area (Å²) in [6.45, 7) is 0. The number of benzene rings is 3. The average Bonchev–Trinajstić information content (AvgIpc) is 2.67. The van der Waals surface area contributed by atoms with Gasteiger partial charge in [-0.15, -0.1) is 0 Å². The summed E-state index contributed by atoms with van der Waals surface area (Å²) in [4.78, 5) is 17.5. The predicted octanol–water partition coefficient (Wildman–Crippen LogP) is 4.49. The molecule has 0 fully saturated rings. The summed E-state index contributed by atoms with van der Waals surface area (Å²) in [5.41, 5.74) is 2.53. The van der Waals surface area contributed by atoms with Crippen molar-refractivity contribution in [1.82, 2.24) is 4.98 Å². The van der Waals surface area contributed by atoms with Crippen molar-refractivity contribution in [2.75, 3.05) is 0 Å². The van der Waals surface area contributed by atoms with Crippen molar-refractivity contribution in [3.63, 3.8) is 0 Å². The van der Waals surface area contributed by atoms with Gasteiger partial charge in [-0.05, 0) is 35.7 Å². The molecule has 0 unspecified atom stereocenters. The van der Waals surface area contributed by atoms with E-state index in [1.54, 1.807) is 24.3 Å². The molecule has 0 spiro atoms. The number of ketones is 1. The van der Waals surface area contributed by atoms with Crippen LogP contribution in [0.15, 0.2) is 72.9 Å². The highest BCUT2D eigenvalue weighted by Gasteiger charge is 2.15. The van der Waals surface area contributed by atoms with Gasteiger partial charge in [0, 0.05) is 28.1 Å². The quantitative estimate of drug-likeness (QED) is 0.405. The van der Waals surface area contributed by atoms with Crippen LogP contribution in [0.25, 0.3) is 21.7 Å². The molecule has 1 heterocycles. The lowest BCUT2D eigenvalue weighted by atomic mass is 9.95. The van der Waals surface area contributed by atoms with E-state index in [-0.39, 0.29) is 5.78 Å². The number of nitriles is 1. The second-order valence-corrected chi connectivity index (χ2v) is 5.56. The standard InChI is InChI=1S/C21H12N2O/c22-12-14-8-10-15(11-9-14)21(24)18-6-3-7-19-20(18)17-5-2-1-4-16(17)13-23-19/h1-11,13H. The first-order valence-corrected chi connectivity index (χ1v) is 7.59. The van der Waals surface area contributed by atoms with Gasteiger partial charge in [-0.25, -0.2) is 0 Å². The van der Waals surface area contributed by atoms with Crippen LogP contribution in [0.1, 0.15) is 21.5 Å². The topological polar surface area (TPSA) is 53.8 Å². The molecular formula is C21H12N2O. The molecule has 0 saturated carbocycles. The summed E-state index contributed by atoms with van der Waals surface area (Å²) < 4.78 is 0. The molecule has 4 rings (SSSR count). The average molecular weight is 308 g/mol. The summed E-state index contributed by atoms with van der Waals surface area (Å²) in [5, 5.41) is 11.8. The highest BCUT2D eigenvalue weighted by Crippen LogP contribution is 2.28. The third kappa shape index (κ3) is 2.22. The SMILES string of the molecule is N#Cc1ccc(C(=O)c2cccc3ncc4ccccc4c23)cc1. The van der Waals surface area contributed by atoms with Gasteiger partial charge in [0.1, 0.15) is 0 Å². The minimum Gasteiger partial charge on any atom is -0.289 e. The first kappa shape index (κ1) is 14.1. The van der Waals surface area contributed by atoms with Crippen LogP contribution in [0.2, 0.25) is 0 Å². The van der Waals surface area contributed by atoms with Gasteiger partial charge in [0.2, 0.25) is 0 Å². The molecule has 0 atom stereocenters. The van der Waals surface area contributed by atoms with E-state index < -0.39 is 0 Å². The summed E-state index contributed by atoms with van der Waals surface area (Å²) in [7, 11) is 0. The predicted molar refractivity (Wildman–Crippen MR) is 93.8 cm³/mol. The van der Waals surface area contributed by atoms with Gasteiger partial charge in [-0.3, -0.25) is 9.78 Å². The van der Waals surface area contributed by atoms with Crippen molar-refractivity contribution >= 4 is 27.5 Å². The largest absolute Gasteiger partial charge is 0.289 e. The minimum atomic E-state index is -0.0664. The Morgan fingerprint density at radius 3 is 2.50 bits per heavy atom. The number of carbonyl (C=O) groups excluding carboxylic acids is 1. The first-order chi connectivity index (χ1) is 11.8. The van der Waals surface area contributed by atoms with Crippen molar-refractivity contribution in [3.05, 3.63) is 89.6 Å². The van der Waals surface area contributed by atoms with Gasteiger partial charge in [0.25, 0.3) is 0 Å². The summed E-state index contributed by atoms with van der Waals surface area (Å²) in [5.74, 6) is -0.0664. The Morgan fingerprint density at radius 1 is 0.917 bits per heavy atom. The molecule has 0 N–H and O–H groups in total. The summed E-state index contributed by atoms with van der Waals surface area (Å²) in [6.07, 6.45) is 1.83. The molecule has 0 aliphatic rings. The van der Waals surface area contributed by atoms with E-state index in [2.05, 4.69) is 11.1 Å². The molecule has 24 heavy (non-hydrogen) atoms. The Labute approximate surface area is 138 Å². The maximum absolute atomic E-state index is 13.0. The molecule has 0 amide bonds. The second-order valence-electron chi connectivity index (χ2n) is 5.56. The van der Waals surface area contributed by atoms with Gasteiger partial charge < -0.3 is 0 Å². The molecular weight excluding hydrogens is 296 g/mol. The molecule has 0 radical (unpaired) electrons. The van der Waals surface area contributed by atoms with Gasteiger partial charge >= 0.3 is 0 Å². The number of pyridine rings is 1. The van der Waals surface area contributed by atoms with E-state index in [1.165, 1.54) is 0 Å². The van der Waals surface area contributed by atoms with Crippen molar-refractivity contribution in [2.24, 2.45) is 0 Å². The molecule has 4 aromatic rings. The first-order valence-electron chi connectivity index (χ1n) is 7.59. The normalized spacial score (nSPS) is 10.6. The Balaban J connectivity index is 1.97. The van der Waals surface area contributed by atoms with Crippen molar-refractivity contribution < 1.29 is 4.79 Å². The summed E-state index contributed by atoms with van der Waals surface area (Å²) >= 11 is 0. The molecule has 3 aromatic carbocycles. The molecule has 0 bridgehead atoms. The highest BCUT2D eigenvalue weighted by atomic mass is 16.1. The van der Waals surface area contributed by atoms with E-state index in [4.69, 9.17) is 5.26 Å². The third-order valence-electron chi connectivity index (χ3n) is 4.14. The van der Waals surface area contributed by atoms with E-state index in [9.17, 15) is 4.79 Å². The molecule has 3 nitrogen and oxygen atoms in total. The number of hydrogen-bond acceptors (Lipinski definition) is 3. The highest BCUT2D eigenvalue weighted by molar-refractivity contribution is 6.21. The van der Waals surface area contributed by atoms with Crippen LogP contribution in [-0.2, 0) is 0 Å². The van der Waals surface area contributed by atoms with Crippen LogP contribution < -0.4 is 0 Å². The van der Waals surface area contributed by atoms with Crippen LogP contribution >= 0.6 is 0 Å². The zero-order valence-corrected chi connectivity index (χ0v) is 12.7. The van der Waals surface area contributed by atoms with Crippen LogP contribution in [0.4, 0.5) is 0 Å². The molecule has 0 aliphatic carbocycles. The zero-order chi connectivity index (χ0) is 16.5. The van der Waals surface area contributed by atoms with Gasteiger partial charge in [-0.2, -0.15) is 5.26 Å². The van der Waals surface area contributed by atoms with Crippen molar-refractivity contribution in [3.8, 4) is 6.07 Å². The Hall–Kier alpha value is -3.51. The van der Waals surface area contributed by atoms with E-state index in [0.29, 0.717) is 16.7 Å². The van der Waals surface area contributed by atoms with Crippen LogP contribution in [-0.4, -0.2) is 10.8 Å². The minimum absolute atomic E-state index is 0.0664. The van der Waals surface area contributed by atoms with Crippen molar-refractivity contribution in [1.29, 1.82) is 5.26 Å². The second kappa shape index (κ2) is 5.60. The zero-order valence-electron chi connectivity index (χ0n) is 12.7. The lowest BCUT2D eigenvalue weighted by Gasteiger charge is -2.09. The molecule has 0 aliphatic heterocycles.